The quantitative estimate of drug-likeness (QED) is 0.601. The molecular formula is C20H20N6O3. The van der Waals surface area contributed by atoms with E-state index in [1.165, 1.54) is 0 Å². The minimum atomic E-state index is -0.388. The summed E-state index contributed by atoms with van der Waals surface area (Å²) in [6.45, 7) is 2.53. The van der Waals surface area contributed by atoms with Crippen LogP contribution in [0.4, 0.5) is 17.6 Å². The smallest absolute Gasteiger partial charge is 0.229 e. The highest BCUT2D eigenvalue weighted by Crippen LogP contribution is 2.40. The number of hydrogen-bond donors (Lipinski definition) is 3. The number of phenolic OH excluding ortho intramolecular Hbond substituents is 1. The van der Waals surface area contributed by atoms with Gasteiger partial charge in [-0.05, 0) is 12.1 Å². The fourth-order valence-electron chi connectivity index (χ4n) is 3.88. The highest BCUT2D eigenvalue weighted by Gasteiger charge is 2.33. The van der Waals surface area contributed by atoms with Gasteiger partial charge >= 0.3 is 0 Å². The summed E-state index contributed by atoms with van der Waals surface area (Å²) < 4.78 is 5.37. The number of aromatic nitrogens is 3. The lowest BCUT2D eigenvalue weighted by molar-refractivity contribution is -0.116. The molecule has 1 aromatic carbocycles. The molecule has 4 heterocycles. The first-order valence-electron chi connectivity index (χ1n) is 9.49. The maximum atomic E-state index is 12.4. The Morgan fingerprint density at radius 1 is 1.14 bits per heavy atom. The van der Waals surface area contributed by atoms with Crippen molar-refractivity contribution in [3.8, 4) is 5.75 Å². The largest absolute Gasteiger partial charge is 0.506 e. The third kappa shape index (κ3) is 3.09. The zero-order valence-electron chi connectivity index (χ0n) is 15.6. The number of carbonyl (C=O) groups is 1. The van der Waals surface area contributed by atoms with Crippen molar-refractivity contribution in [3.63, 3.8) is 0 Å². The Labute approximate surface area is 166 Å². The average molecular weight is 392 g/mol. The number of benzene rings is 1. The second-order valence-corrected chi connectivity index (χ2v) is 7.16. The number of para-hydroxylation sites is 1. The number of anilines is 3. The van der Waals surface area contributed by atoms with Gasteiger partial charge in [0.15, 0.2) is 0 Å². The van der Waals surface area contributed by atoms with Crippen LogP contribution < -0.4 is 16.0 Å². The van der Waals surface area contributed by atoms with E-state index in [4.69, 9.17) is 10.5 Å². The molecular weight excluding hydrogens is 372 g/mol. The summed E-state index contributed by atoms with van der Waals surface area (Å²) in [4.78, 5) is 28.1. The van der Waals surface area contributed by atoms with Crippen molar-refractivity contribution in [2.75, 3.05) is 42.3 Å². The van der Waals surface area contributed by atoms with Crippen LogP contribution in [0.2, 0.25) is 0 Å². The Bertz CT molecular complexity index is 1110. The second-order valence-electron chi connectivity index (χ2n) is 7.16. The zero-order chi connectivity index (χ0) is 20.0. The number of nitrogens with two attached hydrogens (primary N) is 1. The molecule has 4 N–H and O–H groups in total. The van der Waals surface area contributed by atoms with Crippen molar-refractivity contribution >= 4 is 34.4 Å². The summed E-state index contributed by atoms with van der Waals surface area (Å²) >= 11 is 0. The fraction of sp³-hybridized carbons (Fsp3) is 0.300. The van der Waals surface area contributed by atoms with Crippen LogP contribution in [0.5, 0.6) is 5.75 Å². The first-order valence-corrected chi connectivity index (χ1v) is 9.49. The molecule has 0 aliphatic carbocycles. The number of aromatic hydroxyl groups is 1. The lowest BCUT2D eigenvalue weighted by atomic mass is 9.89. The Kier molecular flexibility index (Phi) is 4.17. The van der Waals surface area contributed by atoms with E-state index >= 15 is 0 Å². The van der Waals surface area contributed by atoms with Gasteiger partial charge in [-0.25, -0.2) is 4.98 Å². The van der Waals surface area contributed by atoms with Gasteiger partial charge in [-0.3, -0.25) is 4.79 Å². The first-order chi connectivity index (χ1) is 14.1. The number of nitrogens with zero attached hydrogens (tertiary/aromatic N) is 4. The molecule has 9 heteroatoms. The summed E-state index contributed by atoms with van der Waals surface area (Å²) in [7, 11) is 0. The molecule has 1 fully saturated rings. The van der Waals surface area contributed by atoms with Gasteiger partial charge < -0.3 is 25.8 Å². The topological polar surface area (TPSA) is 126 Å². The van der Waals surface area contributed by atoms with E-state index in [1.807, 2.05) is 23.1 Å². The number of carbonyl (C=O) groups excluding carboxylic acids is 1. The minimum absolute atomic E-state index is 0.0942. The average Bonchev–Trinajstić information content (AvgIpc) is 2.73. The van der Waals surface area contributed by atoms with E-state index in [0.717, 1.165) is 5.39 Å². The number of morpholine rings is 1. The number of amides is 1. The number of ether oxygens (including phenoxy) is 1. The summed E-state index contributed by atoms with van der Waals surface area (Å²) in [5.41, 5.74) is 8.11. The van der Waals surface area contributed by atoms with E-state index in [9.17, 15) is 9.90 Å². The van der Waals surface area contributed by atoms with E-state index in [0.29, 0.717) is 60.7 Å². The Morgan fingerprint density at radius 2 is 1.97 bits per heavy atom. The molecule has 0 spiro atoms. The number of hydrogen-bond acceptors (Lipinski definition) is 8. The van der Waals surface area contributed by atoms with Crippen molar-refractivity contribution in [1.82, 2.24) is 15.0 Å². The molecule has 0 bridgehead atoms. The van der Waals surface area contributed by atoms with Gasteiger partial charge in [0, 0.05) is 42.1 Å². The number of phenols is 1. The molecule has 2 aromatic heterocycles. The highest BCUT2D eigenvalue weighted by atomic mass is 16.5. The van der Waals surface area contributed by atoms with E-state index in [1.54, 1.807) is 12.1 Å². The second kappa shape index (κ2) is 6.85. The molecule has 1 atom stereocenters. The van der Waals surface area contributed by atoms with E-state index < -0.39 is 0 Å². The number of nitrogen functional groups attached to an aromatic ring is 1. The van der Waals surface area contributed by atoms with Crippen LogP contribution >= 0.6 is 0 Å². The molecule has 1 unspecified atom stereocenters. The summed E-state index contributed by atoms with van der Waals surface area (Å²) in [6, 6.07) is 8.96. The van der Waals surface area contributed by atoms with Crippen molar-refractivity contribution in [2.24, 2.45) is 0 Å². The van der Waals surface area contributed by atoms with Crippen LogP contribution in [-0.2, 0) is 9.53 Å². The number of pyridine rings is 1. The molecule has 0 saturated carbocycles. The van der Waals surface area contributed by atoms with Gasteiger partial charge in [0.05, 0.1) is 13.2 Å². The lowest BCUT2D eigenvalue weighted by Crippen LogP contribution is -2.38. The van der Waals surface area contributed by atoms with Gasteiger partial charge in [-0.15, -0.1) is 0 Å². The molecule has 2 aliphatic rings. The SMILES string of the molecule is Nc1nc(N2CCOCC2)nc2c1C(c1ccc3cccc(O)c3n1)CC(=O)N2. The predicted molar refractivity (Wildman–Crippen MR) is 108 cm³/mol. The van der Waals surface area contributed by atoms with E-state index in [2.05, 4.69) is 20.3 Å². The van der Waals surface area contributed by atoms with Crippen LogP contribution in [0.1, 0.15) is 23.6 Å². The van der Waals surface area contributed by atoms with Gasteiger partial charge in [0.2, 0.25) is 11.9 Å². The predicted octanol–water partition coefficient (Wildman–Crippen LogP) is 1.62. The molecule has 148 valence electrons. The molecule has 2 aliphatic heterocycles. The monoisotopic (exact) mass is 392 g/mol. The maximum absolute atomic E-state index is 12.4. The van der Waals surface area contributed by atoms with Crippen LogP contribution in [0.3, 0.4) is 0 Å². The Hall–Kier alpha value is -3.46. The molecule has 29 heavy (non-hydrogen) atoms. The molecule has 1 amide bonds. The highest BCUT2D eigenvalue weighted by molar-refractivity contribution is 5.95. The van der Waals surface area contributed by atoms with Gasteiger partial charge in [-0.1, -0.05) is 18.2 Å². The summed E-state index contributed by atoms with van der Waals surface area (Å²) in [6.07, 6.45) is 0.184. The number of fused-ring (bicyclic) bond motifs is 2. The number of nitrogens with one attached hydrogen (secondary N) is 1. The number of rotatable bonds is 2. The first kappa shape index (κ1) is 17.6. The summed E-state index contributed by atoms with van der Waals surface area (Å²) in [5, 5.41) is 13.8. The van der Waals surface area contributed by atoms with Gasteiger partial charge in [-0.2, -0.15) is 9.97 Å². The van der Waals surface area contributed by atoms with Crippen LogP contribution in [0.15, 0.2) is 30.3 Å². The fourth-order valence-corrected chi connectivity index (χ4v) is 3.88. The zero-order valence-corrected chi connectivity index (χ0v) is 15.6. The maximum Gasteiger partial charge on any atom is 0.229 e. The molecule has 1 saturated heterocycles. The van der Waals surface area contributed by atoms with Gasteiger partial charge in [0.1, 0.15) is 22.9 Å². The van der Waals surface area contributed by atoms with Gasteiger partial charge in [0.25, 0.3) is 0 Å². The molecule has 9 nitrogen and oxygen atoms in total. The van der Waals surface area contributed by atoms with Crippen LogP contribution in [0, 0.1) is 0 Å². The van der Waals surface area contributed by atoms with E-state index in [-0.39, 0.29) is 24.0 Å². The third-order valence-electron chi connectivity index (χ3n) is 5.33. The van der Waals surface area contributed by atoms with Crippen LogP contribution in [-0.4, -0.2) is 52.3 Å². The van der Waals surface area contributed by atoms with Crippen LogP contribution in [0.25, 0.3) is 10.9 Å². The van der Waals surface area contributed by atoms with Crippen molar-refractivity contribution in [2.45, 2.75) is 12.3 Å². The lowest BCUT2D eigenvalue weighted by Gasteiger charge is -2.30. The molecule has 5 rings (SSSR count). The minimum Gasteiger partial charge on any atom is -0.506 e. The van der Waals surface area contributed by atoms with Crippen molar-refractivity contribution < 1.29 is 14.6 Å². The molecule has 0 radical (unpaired) electrons. The Balaban J connectivity index is 1.60. The Morgan fingerprint density at radius 3 is 2.79 bits per heavy atom. The molecule has 3 aromatic rings. The third-order valence-corrected chi connectivity index (χ3v) is 5.33. The normalized spacial score (nSPS) is 19.1. The van der Waals surface area contributed by atoms with Crippen molar-refractivity contribution in [3.05, 3.63) is 41.6 Å². The summed E-state index contributed by atoms with van der Waals surface area (Å²) in [5.74, 6) is 0.764. The standard InChI is InChI=1S/C20H20N6O3/c21-18-16-12(13-5-4-11-2-1-3-14(27)17(11)22-13)10-15(28)23-19(16)25-20(24-18)26-6-8-29-9-7-26/h1-5,12,27H,6-10H2,(H3,21,23,24,25,28). The van der Waals surface area contributed by atoms with Crippen molar-refractivity contribution in [1.29, 1.82) is 0 Å².